The molecule has 0 spiro atoms. The quantitative estimate of drug-likeness (QED) is 0.155. The highest BCUT2D eigenvalue weighted by atomic mass is 14.7. The van der Waals surface area contributed by atoms with Crippen molar-refractivity contribution in [3.05, 3.63) is 217 Å². The van der Waals surface area contributed by atoms with Crippen LogP contribution < -0.4 is 0 Å². The van der Waals surface area contributed by atoms with Gasteiger partial charge in [0.05, 0.1) is 22.8 Å². The molecule has 0 fully saturated rings. The summed E-state index contributed by atoms with van der Waals surface area (Å²) < 4.78 is 0. The average Bonchev–Trinajstić information content (AvgIpc) is 3.21. The van der Waals surface area contributed by atoms with Crippen LogP contribution >= 0.6 is 0 Å². The SMILES string of the molecule is c1ccc(C(=C(c2ccccc2)c2cc(-c3ccccn3)c(-c3ccccn3)c(-c3ccccn3)c2-c2ccccn2)c2ccccc2)cc1. The van der Waals surface area contributed by atoms with Gasteiger partial charge in [-0.25, -0.2) is 0 Å². The van der Waals surface area contributed by atoms with Crippen molar-refractivity contribution in [2.24, 2.45) is 0 Å². The van der Waals surface area contributed by atoms with E-state index in [1.165, 1.54) is 0 Å². The van der Waals surface area contributed by atoms with Gasteiger partial charge >= 0.3 is 0 Å². The lowest BCUT2D eigenvalue weighted by Gasteiger charge is -2.26. The molecule has 0 unspecified atom stereocenters. The molecular weight excluding hydrogens is 609 g/mol. The zero-order chi connectivity index (χ0) is 33.5. The molecule has 0 atom stereocenters. The van der Waals surface area contributed by atoms with Crippen LogP contribution in [0.1, 0.15) is 22.3 Å². The zero-order valence-corrected chi connectivity index (χ0v) is 27.3. The minimum atomic E-state index is 0.821. The van der Waals surface area contributed by atoms with Crippen molar-refractivity contribution in [3.8, 4) is 45.0 Å². The second-order valence-corrected chi connectivity index (χ2v) is 11.8. The molecule has 0 N–H and O–H groups in total. The largest absolute Gasteiger partial charge is 0.256 e. The molecular formula is C46H32N4. The lowest BCUT2D eigenvalue weighted by atomic mass is 9.78. The minimum Gasteiger partial charge on any atom is -0.256 e. The van der Waals surface area contributed by atoms with Crippen LogP contribution in [-0.4, -0.2) is 19.9 Å². The van der Waals surface area contributed by atoms with Crippen molar-refractivity contribution in [3.63, 3.8) is 0 Å². The van der Waals surface area contributed by atoms with Crippen molar-refractivity contribution in [1.82, 2.24) is 19.9 Å². The molecule has 0 bridgehead atoms. The lowest BCUT2D eigenvalue weighted by Crippen LogP contribution is -2.05. The Labute approximate surface area is 292 Å². The molecule has 4 aromatic heterocycles. The Hall–Kier alpha value is -6.78. The number of hydrogen-bond acceptors (Lipinski definition) is 4. The van der Waals surface area contributed by atoms with E-state index in [0.29, 0.717) is 0 Å². The number of hydrogen-bond donors (Lipinski definition) is 0. The lowest BCUT2D eigenvalue weighted by molar-refractivity contribution is 1.27. The van der Waals surface area contributed by atoms with E-state index >= 15 is 0 Å². The van der Waals surface area contributed by atoms with Gasteiger partial charge in [0.1, 0.15) is 0 Å². The molecule has 50 heavy (non-hydrogen) atoms. The highest BCUT2D eigenvalue weighted by Crippen LogP contribution is 2.50. The summed E-state index contributed by atoms with van der Waals surface area (Å²) in [5.74, 6) is 0. The second kappa shape index (κ2) is 14.1. The fourth-order valence-electron chi connectivity index (χ4n) is 6.63. The van der Waals surface area contributed by atoms with E-state index < -0.39 is 0 Å². The molecule has 0 saturated carbocycles. The molecule has 0 aliphatic heterocycles. The highest BCUT2D eigenvalue weighted by molar-refractivity contribution is 6.12. The van der Waals surface area contributed by atoms with Crippen LogP contribution in [0.15, 0.2) is 195 Å². The Bertz CT molecular complexity index is 2320. The van der Waals surface area contributed by atoms with Gasteiger partial charge in [-0.1, -0.05) is 115 Å². The summed E-state index contributed by atoms with van der Waals surface area (Å²) in [6.45, 7) is 0. The van der Waals surface area contributed by atoms with Crippen molar-refractivity contribution in [2.75, 3.05) is 0 Å². The summed E-state index contributed by atoms with van der Waals surface area (Å²) >= 11 is 0. The minimum absolute atomic E-state index is 0.821. The Morgan fingerprint density at radius 1 is 0.300 bits per heavy atom. The predicted molar refractivity (Wildman–Crippen MR) is 204 cm³/mol. The average molecular weight is 641 g/mol. The summed E-state index contributed by atoms with van der Waals surface area (Å²) in [4.78, 5) is 19.9. The smallest absolute Gasteiger partial charge is 0.0716 e. The normalized spacial score (nSPS) is 10.8. The zero-order valence-electron chi connectivity index (χ0n) is 27.3. The maximum absolute atomic E-state index is 5.03. The summed E-state index contributed by atoms with van der Waals surface area (Å²) in [5, 5.41) is 0. The van der Waals surface area contributed by atoms with Gasteiger partial charge in [-0.3, -0.25) is 19.9 Å². The van der Waals surface area contributed by atoms with E-state index in [-0.39, 0.29) is 0 Å². The van der Waals surface area contributed by atoms with E-state index in [9.17, 15) is 0 Å². The van der Waals surface area contributed by atoms with E-state index in [1.54, 1.807) is 0 Å². The molecule has 8 aromatic rings. The molecule has 0 amide bonds. The first-order valence-corrected chi connectivity index (χ1v) is 16.6. The maximum atomic E-state index is 5.03. The molecule has 0 aliphatic carbocycles. The molecule has 0 aliphatic rings. The summed E-state index contributed by atoms with van der Waals surface area (Å²) in [5.41, 5.74) is 13.6. The number of aromatic nitrogens is 4. The van der Waals surface area contributed by atoms with Crippen LogP contribution in [0, 0.1) is 0 Å². The number of nitrogens with zero attached hydrogens (tertiary/aromatic N) is 4. The molecule has 4 heteroatoms. The fourth-order valence-corrected chi connectivity index (χ4v) is 6.63. The molecule has 8 rings (SSSR count). The van der Waals surface area contributed by atoms with Gasteiger partial charge in [-0.2, -0.15) is 0 Å². The van der Waals surface area contributed by atoms with Crippen molar-refractivity contribution in [2.45, 2.75) is 0 Å². The first-order valence-electron chi connectivity index (χ1n) is 16.6. The van der Waals surface area contributed by atoms with Crippen LogP contribution in [0.3, 0.4) is 0 Å². The van der Waals surface area contributed by atoms with Crippen molar-refractivity contribution in [1.29, 1.82) is 0 Å². The first kappa shape index (κ1) is 30.5. The monoisotopic (exact) mass is 640 g/mol. The van der Waals surface area contributed by atoms with E-state index in [1.807, 2.05) is 73.3 Å². The number of rotatable bonds is 8. The third-order valence-electron chi connectivity index (χ3n) is 8.74. The van der Waals surface area contributed by atoms with E-state index in [2.05, 4.69) is 121 Å². The van der Waals surface area contributed by atoms with Crippen molar-refractivity contribution >= 4 is 11.1 Å². The summed E-state index contributed by atoms with van der Waals surface area (Å²) in [6.07, 6.45) is 7.39. The Morgan fingerprint density at radius 3 is 1.08 bits per heavy atom. The third-order valence-corrected chi connectivity index (χ3v) is 8.74. The van der Waals surface area contributed by atoms with E-state index in [0.717, 1.165) is 78.4 Å². The number of pyridine rings is 4. The molecule has 4 aromatic carbocycles. The maximum Gasteiger partial charge on any atom is 0.0716 e. The van der Waals surface area contributed by atoms with Crippen LogP contribution in [0.4, 0.5) is 0 Å². The molecule has 4 heterocycles. The molecule has 0 radical (unpaired) electrons. The molecule has 0 saturated heterocycles. The van der Waals surface area contributed by atoms with Gasteiger partial charge in [0.2, 0.25) is 0 Å². The van der Waals surface area contributed by atoms with Gasteiger partial charge in [0, 0.05) is 47.0 Å². The summed E-state index contributed by atoms with van der Waals surface area (Å²) in [7, 11) is 0. The van der Waals surface area contributed by atoms with Crippen LogP contribution in [0.5, 0.6) is 0 Å². The third kappa shape index (κ3) is 6.02. The Balaban J connectivity index is 1.65. The highest BCUT2D eigenvalue weighted by Gasteiger charge is 2.28. The van der Waals surface area contributed by atoms with Gasteiger partial charge < -0.3 is 0 Å². The molecule has 4 nitrogen and oxygen atoms in total. The Kier molecular flexibility index (Phi) is 8.64. The second-order valence-electron chi connectivity index (χ2n) is 11.8. The van der Waals surface area contributed by atoms with Gasteiger partial charge in [-0.15, -0.1) is 0 Å². The fraction of sp³-hybridized carbons (Fsp3) is 0. The van der Waals surface area contributed by atoms with Gasteiger partial charge in [0.15, 0.2) is 0 Å². The van der Waals surface area contributed by atoms with E-state index in [4.69, 9.17) is 19.9 Å². The van der Waals surface area contributed by atoms with Crippen LogP contribution in [0.25, 0.3) is 56.2 Å². The summed E-state index contributed by atoms with van der Waals surface area (Å²) in [6, 6.07) is 58.4. The standard InChI is InChI=1S/C46H32N4/c1-4-18-33(19-5-1)42(34-20-6-2-7-21-34)43(35-22-8-3-9-23-35)37-32-36(38-24-10-14-28-47-38)44(39-25-11-15-29-48-39)46(41-27-13-17-31-50-41)45(37)40-26-12-16-30-49-40/h1-32H. The van der Waals surface area contributed by atoms with Crippen molar-refractivity contribution < 1.29 is 0 Å². The van der Waals surface area contributed by atoms with Crippen LogP contribution in [-0.2, 0) is 0 Å². The Morgan fingerprint density at radius 2 is 0.660 bits per heavy atom. The first-order chi connectivity index (χ1) is 24.9. The predicted octanol–water partition coefficient (Wildman–Crippen LogP) is 10.9. The van der Waals surface area contributed by atoms with Gasteiger partial charge in [0.25, 0.3) is 0 Å². The topological polar surface area (TPSA) is 51.6 Å². The number of benzene rings is 4. The molecule has 236 valence electrons. The van der Waals surface area contributed by atoms with Crippen LogP contribution in [0.2, 0.25) is 0 Å². The van der Waals surface area contributed by atoms with Gasteiger partial charge in [-0.05, 0) is 88.0 Å².